The number of nitro groups is 1. The Hall–Kier alpha value is -4.53. The Labute approximate surface area is 201 Å². The van der Waals surface area contributed by atoms with Gasteiger partial charge < -0.3 is 9.47 Å². The molecule has 0 N–H and O–H groups in total. The van der Waals surface area contributed by atoms with Gasteiger partial charge in [0.05, 0.1) is 30.2 Å². The highest BCUT2D eigenvalue weighted by atomic mass is 16.6. The summed E-state index contributed by atoms with van der Waals surface area (Å²) in [5.41, 5.74) is 3.04. The summed E-state index contributed by atoms with van der Waals surface area (Å²) in [5, 5.41) is 16.7. The fourth-order valence-electron chi connectivity index (χ4n) is 3.79. The molecule has 3 aromatic rings. The summed E-state index contributed by atoms with van der Waals surface area (Å²) < 4.78 is 10.4. The predicted molar refractivity (Wildman–Crippen MR) is 128 cm³/mol. The number of nitro benzene ring substituents is 1. The molecule has 0 aliphatic carbocycles. The predicted octanol–water partition coefficient (Wildman–Crippen LogP) is 4.07. The first-order valence-corrected chi connectivity index (χ1v) is 10.9. The van der Waals surface area contributed by atoms with Crippen LogP contribution in [0.3, 0.4) is 0 Å². The molecular weight excluding hydrogens is 450 g/mol. The lowest BCUT2D eigenvalue weighted by Crippen LogP contribution is -2.31. The molecule has 178 valence electrons. The first-order valence-electron chi connectivity index (χ1n) is 10.9. The summed E-state index contributed by atoms with van der Waals surface area (Å²) in [6, 6.07) is 22.3. The maximum atomic E-state index is 13.0. The number of methoxy groups -OCH3 is 1. The van der Waals surface area contributed by atoms with E-state index in [2.05, 4.69) is 5.10 Å². The molecule has 0 radical (unpaired) electrons. The Balaban J connectivity index is 1.45. The quantitative estimate of drug-likeness (QED) is 0.277. The van der Waals surface area contributed by atoms with E-state index < -0.39 is 23.4 Å². The fraction of sp³-hybridized carbons (Fsp3) is 0.192. The highest BCUT2D eigenvalue weighted by Crippen LogP contribution is 2.33. The monoisotopic (exact) mass is 473 g/mol. The van der Waals surface area contributed by atoms with Crippen LogP contribution in [0.2, 0.25) is 0 Å². The number of amides is 1. The molecule has 1 heterocycles. The van der Waals surface area contributed by atoms with Crippen molar-refractivity contribution in [1.82, 2.24) is 5.01 Å². The molecule has 9 nitrogen and oxygen atoms in total. The molecule has 35 heavy (non-hydrogen) atoms. The standard InChI is InChI=1S/C26H23N3O6/c1-34-22-13-9-20(10-14-22)24-16-23(19-5-3-2-4-6-19)27-28(24)25(30)17-35-26(31)15-18-7-11-21(12-8-18)29(32)33/h2-14,24H,15-17H2,1H3. The molecule has 0 bridgehead atoms. The number of ether oxygens (including phenoxy) is 2. The van der Waals surface area contributed by atoms with Crippen molar-refractivity contribution in [2.24, 2.45) is 5.10 Å². The van der Waals surface area contributed by atoms with Crippen LogP contribution in [0, 0.1) is 10.1 Å². The number of carbonyl (C=O) groups is 2. The molecule has 1 aliphatic heterocycles. The van der Waals surface area contributed by atoms with Crippen LogP contribution in [-0.4, -0.2) is 41.2 Å². The maximum absolute atomic E-state index is 13.0. The summed E-state index contributed by atoms with van der Waals surface area (Å²) in [7, 11) is 1.59. The van der Waals surface area contributed by atoms with Gasteiger partial charge in [-0.3, -0.25) is 19.7 Å². The molecule has 0 saturated carbocycles. The average Bonchev–Trinajstić information content (AvgIpc) is 3.34. The molecular formula is C26H23N3O6. The number of hydrogen-bond acceptors (Lipinski definition) is 7. The SMILES string of the molecule is COc1ccc(C2CC(c3ccccc3)=NN2C(=O)COC(=O)Cc2ccc([N+](=O)[O-])cc2)cc1. The van der Waals surface area contributed by atoms with Gasteiger partial charge in [0.1, 0.15) is 5.75 Å². The number of rotatable bonds is 8. The van der Waals surface area contributed by atoms with E-state index in [1.165, 1.54) is 29.3 Å². The van der Waals surface area contributed by atoms with Gasteiger partial charge in [-0.15, -0.1) is 0 Å². The van der Waals surface area contributed by atoms with E-state index in [1.807, 2.05) is 54.6 Å². The van der Waals surface area contributed by atoms with Crippen LogP contribution in [0.25, 0.3) is 0 Å². The van der Waals surface area contributed by atoms with Gasteiger partial charge in [0.2, 0.25) is 0 Å². The Morgan fingerprint density at radius 3 is 2.34 bits per heavy atom. The number of esters is 1. The molecule has 0 spiro atoms. The minimum Gasteiger partial charge on any atom is -0.497 e. The lowest BCUT2D eigenvalue weighted by molar-refractivity contribution is -0.384. The highest BCUT2D eigenvalue weighted by Gasteiger charge is 2.33. The number of carbonyl (C=O) groups excluding carboxylic acids is 2. The molecule has 1 aliphatic rings. The first kappa shape index (κ1) is 23.6. The number of nitrogens with zero attached hydrogens (tertiary/aromatic N) is 3. The van der Waals surface area contributed by atoms with Crippen molar-refractivity contribution in [3.8, 4) is 5.75 Å². The molecule has 4 rings (SSSR count). The zero-order valence-corrected chi connectivity index (χ0v) is 19.0. The largest absolute Gasteiger partial charge is 0.497 e. The number of non-ortho nitro benzene ring substituents is 1. The van der Waals surface area contributed by atoms with Crippen molar-refractivity contribution in [2.45, 2.75) is 18.9 Å². The van der Waals surface area contributed by atoms with Gasteiger partial charge in [-0.25, -0.2) is 5.01 Å². The van der Waals surface area contributed by atoms with Gasteiger partial charge in [-0.2, -0.15) is 5.10 Å². The molecule has 3 aromatic carbocycles. The van der Waals surface area contributed by atoms with Crippen LogP contribution in [0.1, 0.15) is 29.2 Å². The van der Waals surface area contributed by atoms with Crippen LogP contribution in [-0.2, 0) is 20.7 Å². The second-order valence-corrected chi connectivity index (χ2v) is 7.91. The van der Waals surface area contributed by atoms with Crippen molar-refractivity contribution in [3.05, 3.63) is 106 Å². The van der Waals surface area contributed by atoms with Gasteiger partial charge in [0, 0.05) is 18.6 Å². The number of benzene rings is 3. The zero-order chi connectivity index (χ0) is 24.8. The van der Waals surface area contributed by atoms with Gasteiger partial charge in [0.25, 0.3) is 11.6 Å². The third kappa shape index (κ3) is 5.70. The van der Waals surface area contributed by atoms with E-state index >= 15 is 0 Å². The molecule has 1 atom stereocenters. The molecule has 0 saturated heterocycles. The van der Waals surface area contributed by atoms with E-state index in [0.717, 1.165) is 16.8 Å². The summed E-state index contributed by atoms with van der Waals surface area (Å²) in [5.74, 6) is -0.359. The average molecular weight is 473 g/mol. The molecule has 1 unspecified atom stereocenters. The van der Waals surface area contributed by atoms with E-state index in [-0.39, 0.29) is 18.2 Å². The zero-order valence-electron chi connectivity index (χ0n) is 19.0. The maximum Gasteiger partial charge on any atom is 0.310 e. The first-order chi connectivity index (χ1) is 16.9. The summed E-state index contributed by atoms with van der Waals surface area (Å²) in [6.45, 7) is -0.468. The van der Waals surface area contributed by atoms with Crippen molar-refractivity contribution in [2.75, 3.05) is 13.7 Å². The lowest BCUT2D eigenvalue weighted by Gasteiger charge is -2.22. The number of hydrogen-bond donors (Lipinski definition) is 0. The van der Waals surface area contributed by atoms with Crippen molar-refractivity contribution < 1.29 is 24.0 Å². The highest BCUT2D eigenvalue weighted by molar-refractivity contribution is 6.03. The van der Waals surface area contributed by atoms with Crippen LogP contribution in [0.4, 0.5) is 5.69 Å². The van der Waals surface area contributed by atoms with Crippen LogP contribution in [0.5, 0.6) is 5.75 Å². The minimum absolute atomic E-state index is 0.0667. The Bertz CT molecular complexity index is 1240. The Morgan fingerprint density at radius 2 is 1.71 bits per heavy atom. The van der Waals surface area contributed by atoms with Crippen molar-refractivity contribution >= 4 is 23.3 Å². The smallest absolute Gasteiger partial charge is 0.310 e. The second kappa shape index (κ2) is 10.6. The van der Waals surface area contributed by atoms with Crippen molar-refractivity contribution in [1.29, 1.82) is 0 Å². The summed E-state index contributed by atoms with van der Waals surface area (Å²) in [4.78, 5) is 35.6. The van der Waals surface area contributed by atoms with Gasteiger partial charge in [0.15, 0.2) is 6.61 Å². The summed E-state index contributed by atoms with van der Waals surface area (Å²) >= 11 is 0. The third-order valence-electron chi connectivity index (χ3n) is 5.63. The van der Waals surface area contributed by atoms with Gasteiger partial charge in [-0.05, 0) is 28.8 Å². The van der Waals surface area contributed by atoms with Gasteiger partial charge >= 0.3 is 5.97 Å². The van der Waals surface area contributed by atoms with E-state index in [9.17, 15) is 19.7 Å². The topological polar surface area (TPSA) is 111 Å². The minimum atomic E-state index is -0.611. The summed E-state index contributed by atoms with van der Waals surface area (Å²) in [6.07, 6.45) is 0.407. The normalized spacial score (nSPS) is 14.8. The van der Waals surface area contributed by atoms with Crippen molar-refractivity contribution in [3.63, 3.8) is 0 Å². The van der Waals surface area contributed by atoms with Crippen LogP contribution in [0.15, 0.2) is 84.0 Å². The van der Waals surface area contributed by atoms with E-state index in [4.69, 9.17) is 9.47 Å². The van der Waals surface area contributed by atoms with Crippen LogP contribution >= 0.6 is 0 Å². The molecule has 0 fully saturated rings. The molecule has 1 amide bonds. The van der Waals surface area contributed by atoms with Gasteiger partial charge in [-0.1, -0.05) is 54.6 Å². The van der Waals surface area contributed by atoms with Crippen LogP contribution < -0.4 is 4.74 Å². The number of hydrazone groups is 1. The molecule has 9 heteroatoms. The molecule has 0 aromatic heterocycles. The lowest BCUT2D eigenvalue weighted by atomic mass is 9.98. The Morgan fingerprint density at radius 1 is 1.03 bits per heavy atom. The Kier molecular flexibility index (Phi) is 7.15. The fourth-order valence-corrected chi connectivity index (χ4v) is 3.79. The second-order valence-electron chi connectivity index (χ2n) is 7.91. The van der Waals surface area contributed by atoms with E-state index in [0.29, 0.717) is 17.7 Å². The third-order valence-corrected chi connectivity index (χ3v) is 5.63. The van der Waals surface area contributed by atoms with E-state index in [1.54, 1.807) is 7.11 Å².